The number of amidine groups is 1. The van der Waals surface area contributed by atoms with Crippen molar-refractivity contribution in [2.45, 2.75) is 32.2 Å². The zero-order chi connectivity index (χ0) is 12.4. The largest absolute Gasteiger partial charge is 0.384 e. The lowest BCUT2D eigenvalue weighted by Crippen LogP contribution is -2.26. The Morgan fingerprint density at radius 2 is 2.24 bits per heavy atom. The molecular formula is C13H18ClN3. The van der Waals surface area contributed by atoms with Gasteiger partial charge in [0.1, 0.15) is 5.84 Å². The first kappa shape index (κ1) is 12.2. The zero-order valence-corrected chi connectivity index (χ0v) is 10.8. The highest BCUT2D eigenvalue weighted by atomic mass is 35.5. The van der Waals surface area contributed by atoms with Crippen LogP contribution in [0.1, 0.15) is 31.7 Å². The summed E-state index contributed by atoms with van der Waals surface area (Å²) < 4.78 is 0. The molecule has 0 radical (unpaired) electrons. The maximum atomic E-state index is 7.39. The molecule has 1 aliphatic carbocycles. The van der Waals surface area contributed by atoms with Crippen LogP contribution in [0.25, 0.3) is 0 Å². The summed E-state index contributed by atoms with van der Waals surface area (Å²) in [6.45, 7) is 3.21. The molecule has 0 bridgehead atoms. The van der Waals surface area contributed by atoms with E-state index in [-0.39, 0.29) is 5.84 Å². The van der Waals surface area contributed by atoms with E-state index in [0.717, 1.165) is 18.7 Å². The quantitative estimate of drug-likeness (QED) is 0.624. The number of nitrogen functional groups attached to an aromatic ring is 1. The summed E-state index contributed by atoms with van der Waals surface area (Å²) in [6, 6.07) is 6.28. The Labute approximate surface area is 107 Å². The number of nitrogens with one attached hydrogen (secondary N) is 1. The minimum absolute atomic E-state index is 0.0620. The number of hydrogen-bond donors (Lipinski definition) is 2. The minimum Gasteiger partial charge on any atom is -0.384 e. The fraction of sp³-hybridized carbons (Fsp3) is 0.462. The van der Waals surface area contributed by atoms with Gasteiger partial charge in [-0.15, -0.1) is 0 Å². The van der Waals surface area contributed by atoms with Crippen LogP contribution >= 0.6 is 11.6 Å². The molecule has 0 spiro atoms. The van der Waals surface area contributed by atoms with Crippen LogP contribution in [0.5, 0.6) is 0 Å². The number of hydrogen-bond acceptors (Lipinski definition) is 2. The SMILES string of the molecule is CCCN(c1ccc(C(=N)N)cc1Cl)C1CC1. The average Bonchev–Trinajstić information content (AvgIpc) is 3.10. The normalized spacial score (nSPS) is 14.7. The fourth-order valence-corrected chi connectivity index (χ4v) is 2.32. The monoisotopic (exact) mass is 251 g/mol. The molecule has 0 atom stereocenters. The predicted molar refractivity (Wildman–Crippen MR) is 73.1 cm³/mol. The molecule has 0 amide bonds. The molecule has 1 aromatic rings. The molecule has 0 unspecified atom stereocenters. The van der Waals surface area contributed by atoms with Gasteiger partial charge in [-0.25, -0.2) is 0 Å². The summed E-state index contributed by atoms with van der Waals surface area (Å²) >= 11 is 6.28. The Hall–Kier alpha value is -1.22. The van der Waals surface area contributed by atoms with Gasteiger partial charge in [-0.1, -0.05) is 18.5 Å². The van der Waals surface area contributed by atoms with E-state index in [9.17, 15) is 0 Å². The Kier molecular flexibility index (Phi) is 3.57. The van der Waals surface area contributed by atoms with E-state index in [2.05, 4.69) is 11.8 Å². The molecule has 4 heteroatoms. The average molecular weight is 252 g/mol. The summed E-state index contributed by atoms with van der Waals surface area (Å²) in [6.07, 6.45) is 3.62. The zero-order valence-electron chi connectivity index (χ0n) is 10.0. The van der Waals surface area contributed by atoms with Crippen molar-refractivity contribution in [3.05, 3.63) is 28.8 Å². The van der Waals surface area contributed by atoms with Crippen LogP contribution in [-0.2, 0) is 0 Å². The van der Waals surface area contributed by atoms with Crippen molar-refractivity contribution in [2.24, 2.45) is 5.73 Å². The smallest absolute Gasteiger partial charge is 0.122 e. The van der Waals surface area contributed by atoms with Gasteiger partial charge in [-0.3, -0.25) is 5.41 Å². The highest BCUT2D eigenvalue weighted by molar-refractivity contribution is 6.33. The van der Waals surface area contributed by atoms with Gasteiger partial charge in [0.15, 0.2) is 0 Å². The van der Waals surface area contributed by atoms with Crippen LogP contribution in [0.4, 0.5) is 5.69 Å². The number of rotatable bonds is 5. The first-order valence-electron chi connectivity index (χ1n) is 6.04. The van der Waals surface area contributed by atoms with Gasteiger partial charge in [0.2, 0.25) is 0 Å². The van der Waals surface area contributed by atoms with Crippen LogP contribution in [0.2, 0.25) is 5.02 Å². The molecule has 0 heterocycles. The Morgan fingerprint density at radius 3 is 2.71 bits per heavy atom. The van der Waals surface area contributed by atoms with E-state index in [4.69, 9.17) is 22.7 Å². The maximum Gasteiger partial charge on any atom is 0.122 e. The minimum atomic E-state index is 0.0620. The second kappa shape index (κ2) is 4.96. The van der Waals surface area contributed by atoms with Gasteiger partial charge in [-0.2, -0.15) is 0 Å². The lowest BCUT2D eigenvalue weighted by molar-refractivity contribution is 0.763. The van der Waals surface area contributed by atoms with E-state index >= 15 is 0 Å². The van der Waals surface area contributed by atoms with Crippen LogP contribution in [0, 0.1) is 5.41 Å². The second-order valence-electron chi connectivity index (χ2n) is 4.50. The summed E-state index contributed by atoms with van der Waals surface area (Å²) in [5.74, 6) is 0.0620. The molecule has 1 aliphatic rings. The molecule has 0 saturated heterocycles. The molecule has 2 rings (SSSR count). The van der Waals surface area contributed by atoms with Crippen molar-refractivity contribution >= 4 is 23.1 Å². The van der Waals surface area contributed by atoms with Crippen molar-refractivity contribution in [1.82, 2.24) is 0 Å². The van der Waals surface area contributed by atoms with E-state index in [1.807, 2.05) is 12.1 Å². The molecule has 1 fully saturated rings. The summed E-state index contributed by atoms with van der Waals surface area (Å²) in [7, 11) is 0. The number of nitrogens with two attached hydrogens (primary N) is 1. The van der Waals surface area contributed by atoms with E-state index in [1.54, 1.807) is 6.07 Å². The van der Waals surface area contributed by atoms with E-state index in [1.165, 1.54) is 12.8 Å². The van der Waals surface area contributed by atoms with Crippen molar-refractivity contribution in [3.63, 3.8) is 0 Å². The topological polar surface area (TPSA) is 53.1 Å². The number of benzene rings is 1. The standard InChI is InChI=1S/C13H18ClN3/c1-2-7-17(10-4-5-10)12-6-3-9(13(15)16)8-11(12)14/h3,6,8,10H,2,4-5,7H2,1H3,(H3,15,16). The van der Waals surface area contributed by atoms with E-state index in [0.29, 0.717) is 16.6 Å². The van der Waals surface area contributed by atoms with Gasteiger partial charge in [-0.05, 0) is 37.5 Å². The Balaban J connectivity index is 2.27. The Bertz CT molecular complexity index is 427. The number of halogens is 1. The van der Waals surface area contributed by atoms with Crippen LogP contribution in [-0.4, -0.2) is 18.4 Å². The second-order valence-corrected chi connectivity index (χ2v) is 4.91. The van der Waals surface area contributed by atoms with Crippen molar-refractivity contribution < 1.29 is 0 Å². The van der Waals surface area contributed by atoms with E-state index < -0.39 is 0 Å². The van der Waals surface area contributed by atoms with Crippen molar-refractivity contribution in [1.29, 1.82) is 5.41 Å². The first-order chi connectivity index (χ1) is 8.13. The molecule has 0 aliphatic heterocycles. The van der Waals surface area contributed by atoms with Gasteiger partial charge in [0.25, 0.3) is 0 Å². The third kappa shape index (κ3) is 2.72. The number of nitrogens with zero attached hydrogens (tertiary/aromatic N) is 1. The lowest BCUT2D eigenvalue weighted by Gasteiger charge is -2.25. The van der Waals surface area contributed by atoms with Gasteiger partial charge in [0.05, 0.1) is 10.7 Å². The van der Waals surface area contributed by atoms with Crippen LogP contribution in [0.3, 0.4) is 0 Å². The molecule has 3 nitrogen and oxygen atoms in total. The molecule has 92 valence electrons. The highest BCUT2D eigenvalue weighted by Crippen LogP contribution is 2.36. The predicted octanol–water partition coefficient (Wildman–Crippen LogP) is 3.00. The first-order valence-corrected chi connectivity index (χ1v) is 6.42. The summed E-state index contributed by atoms with van der Waals surface area (Å²) in [5, 5.41) is 8.09. The van der Waals surface area contributed by atoms with Crippen LogP contribution in [0.15, 0.2) is 18.2 Å². The van der Waals surface area contributed by atoms with Gasteiger partial charge in [0, 0.05) is 18.2 Å². The molecule has 3 N–H and O–H groups in total. The molecule has 0 aromatic heterocycles. The van der Waals surface area contributed by atoms with Crippen molar-refractivity contribution in [3.8, 4) is 0 Å². The summed E-state index contributed by atoms with van der Waals surface area (Å²) in [4.78, 5) is 2.37. The summed E-state index contributed by atoms with van der Waals surface area (Å²) in [5.41, 5.74) is 7.21. The highest BCUT2D eigenvalue weighted by Gasteiger charge is 2.29. The Morgan fingerprint density at radius 1 is 1.53 bits per heavy atom. The molecule has 1 saturated carbocycles. The lowest BCUT2D eigenvalue weighted by atomic mass is 10.1. The fourth-order valence-electron chi connectivity index (χ4n) is 2.03. The molecule has 1 aromatic carbocycles. The number of anilines is 1. The van der Waals surface area contributed by atoms with Crippen LogP contribution < -0.4 is 10.6 Å². The molecular weight excluding hydrogens is 234 g/mol. The van der Waals surface area contributed by atoms with Gasteiger partial charge < -0.3 is 10.6 Å². The third-order valence-electron chi connectivity index (χ3n) is 3.02. The van der Waals surface area contributed by atoms with Crippen molar-refractivity contribution in [2.75, 3.05) is 11.4 Å². The van der Waals surface area contributed by atoms with Gasteiger partial charge >= 0.3 is 0 Å². The maximum absolute atomic E-state index is 7.39. The third-order valence-corrected chi connectivity index (χ3v) is 3.32. The molecule has 17 heavy (non-hydrogen) atoms.